The van der Waals surface area contributed by atoms with Gasteiger partial charge in [-0.15, -0.1) is 0 Å². The zero-order valence-corrected chi connectivity index (χ0v) is 18.5. The molecule has 1 fully saturated rings. The molecule has 0 aromatic heterocycles. The Hall–Kier alpha value is -1.55. The first kappa shape index (κ1) is 22.1. The molecule has 3 rings (SSSR count). The summed E-state index contributed by atoms with van der Waals surface area (Å²) in [7, 11) is 0. The molecule has 1 nitrogen and oxygen atoms in total. The van der Waals surface area contributed by atoms with E-state index in [1.807, 2.05) is 17.8 Å². The van der Waals surface area contributed by atoms with Gasteiger partial charge in [-0.05, 0) is 42.0 Å². The molecule has 1 aliphatic carbocycles. The quantitative estimate of drug-likeness (QED) is 0.543. The van der Waals surface area contributed by atoms with Crippen LogP contribution in [0.2, 0.25) is 0 Å². The second-order valence-electron chi connectivity index (χ2n) is 9.16. The number of phenols is 1. The molecule has 0 atom stereocenters. The SMILES string of the molecule is CC(C)(C)c1cc(CSC2CCCCCCC2)c(O)c(-c2c(F)cccc2F)c1. The summed E-state index contributed by atoms with van der Waals surface area (Å²) in [5.41, 5.74) is 1.65. The minimum atomic E-state index is -0.648. The van der Waals surface area contributed by atoms with Crippen LogP contribution in [0.3, 0.4) is 0 Å². The Kier molecular flexibility index (Phi) is 7.26. The van der Waals surface area contributed by atoms with Gasteiger partial charge < -0.3 is 5.11 Å². The number of thioether (sulfide) groups is 1. The van der Waals surface area contributed by atoms with E-state index in [0.29, 0.717) is 11.0 Å². The molecule has 2 aromatic rings. The maximum atomic E-state index is 14.5. The highest BCUT2D eigenvalue weighted by Crippen LogP contribution is 2.41. The fourth-order valence-corrected chi connectivity index (χ4v) is 5.28. The molecule has 1 aliphatic rings. The third-order valence-electron chi connectivity index (χ3n) is 5.81. The van der Waals surface area contributed by atoms with Crippen LogP contribution in [-0.2, 0) is 11.2 Å². The minimum absolute atomic E-state index is 0.000319. The van der Waals surface area contributed by atoms with Crippen molar-refractivity contribution in [2.24, 2.45) is 0 Å². The lowest BCUT2D eigenvalue weighted by Gasteiger charge is -2.24. The van der Waals surface area contributed by atoms with E-state index >= 15 is 0 Å². The number of halogens is 2. The summed E-state index contributed by atoms with van der Waals surface area (Å²) in [5.74, 6) is -0.640. The molecule has 1 N–H and O–H groups in total. The van der Waals surface area contributed by atoms with Gasteiger partial charge in [0, 0.05) is 22.1 Å². The van der Waals surface area contributed by atoms with Crippen molar-refractivity contribution < 1.29 is 13.9 Å². The summed E-state index contributed by atoms with van der Waals surface area (Å²) in [6, 6.07) is 7.58. The van der Waals surface area contributed by atoms with Crippen LogP contribution >= 0.6 is 11.8 Å². The monoisotopic (exact) mass is 418 g/mol. The van der Waals surface area contributed by atoms with Crippen LogP contribution in [0.15, 0.2) is 30.3 Å². The molecule has 0 amide bonds. The van der Waals surface area contributed by atoms with Crippen molar-refractivity contribution in [1.29, 1.82) is 0 Å². The topological polar surface area (TPSA) is 20.2 Å². The molecule has 0 unspecified atom stereocenters. The van der Waals surface area contributed by atoms with Gasteiger partial charge in [0.15, 0.2) is 0 Å². The number of rotatable bonds is 4. The van der Waals surface area contributed by atoms with Crippen molar-refractivity contribution >= 4 is 11.8 Å². The van der Waals surface area contributed by atoms with E-state index in [1.165, 1.54) is 63.1 Å². The molecule has 4 heteroatoms. The zero-order valence-electron chi connectivity index (χ0n) is 17.7. The first-order chi connectivity index (χ1) is 13.8. The van der Waals surface area contributed by atoms with Gasteiger partial charge in [-0.2, -0.15) is 11.8 Å². The van der Waals surface area contributed by atoms with Crippen molar-refractivity contribution in [1.82, 2.24) is 0 Å². The molecule has 0 radical (unpaired) electrons. The van der Waals surface area contributed by atoms with Gasteiger partial charge in [0.25, 0.3) is 0 Å². The molecule has 2 aromatic carbocycles. The first-order valence-corrected chi connectivity index (χ1v) is 11.7. The number of hydrogen-bond donors (Lipinski definition) is 1. The highest BCUT2D eigenvalue weighted by molar-refractivity contribution is 7.99. The number of aromatic hydroxyl groups is 1. The summed E-state index contributed by atoms with van der Waals surface area (Å²) >= 11 is 1.87. The van der Waals surface area contributed by atoms with Crippen LogP contribution in [0.1, 0.15) is 76.8 Å². The van der Waals surface area contributed by atoms with E-state index in [2.05, 4.69) is 20.8 Å². The Labute approximate surface area is 177 Å². The van der Waals surface area contributed by atoms with E-state index in [0.717, 1.165) is 11.1 Å². The number of phenolic OH excluding ortho intramolecular Hbond substituents is 1. The summed E-state index contributed by atoms with van der Waals surface area (Å²) < 4.78 is 29.0. The van der Waals surface area contributed by atoms with Crippen molar-refractivity contribution in [2.45, 2.75) is 82.1 Å². The smallest absolute Gasteiger partial charge is 0.134 e. The number of benzene rings is 2. The van der Waals surface area contributed by atoms with E-state index in [1.54, 1.807) is 6.07 Å². The molecule has 158 valence electrons. The molecule has 0 heterocycles. The Morgan fingerprint density at radius 1 is 0.966 bits per heavy atom. The van der Waals surface area contributed by atoms with Crippen LogP contribution in [0.5, 0.6) is 5.75 Å². The fourth-order valence-electron chi connectivity index (χ4n) is 3.98. The average Bonchev–Trinajstić information content (AvgIpc) is 2.62. The van der Waals surface area contributed by atoms with Gasteiger partial charge in [0.2, 0.25) is 0 Å². The standard InChI is InChI=1S/C25H32F2OS/c1-25(2,3)18-14-17(16-29-19-10-7-5-4-6-8-11-19)24(28)20(15-18)23-21(26)12-9-13-22(23)27/h9,12-15,19,28H,4-8,10-11,16H2,1-3H3. The van der Waals surface area contributed by atoms with Gasteiger partial charge in [-0.3, -0.25) is 0 Å². The molecule has 0 aliphatic heterocycles. The fraction of sp³-hybridized carbons (Fsp3) is 0.520. The van der Waals surface area contributed by atoms with Crippen LogP contribution in [-0.4, -0.2) is 10.4 Å². The largest absolute Gasteiger partial charge is 0.507 e. The van der Waals surface area contributed by atoms with E-state index < -0.39 is 11.6 Å². The lowest BCUT2D eigenvalue weighted by molar-refractivity contribution is 0.469. The predicted molar refractivity (Wildman–Crippen MR) is 120 cm³/mol. The molecular weight excluding hydrogens is 386 g/mol. The van der Waals surface area contributed by atoms with E-state index in [4.69, 9.17) is 0 Å². The molecular formula is C25H32F2OS. The van der Waals surface area contributed by atoms with Crippen LogP contribution in [0, 0.1) is 11.6 Å². The highest BCUT2D eigenvalue weighted by Gasteiger charge is 2.23. The molecule has 29 heavy (non-hydrogen) atoms. The van der Waals surface area contributed by atoms with E-state index in [-0.39, 0.29) is 22.3 Å². The molecule has 0 bridgehead atoms. The third-order valence-corrected chi connectivity index (χ3v) is 7.23. The lowest BCUT2D eigenvalue weighted by atomic mass is 9.83. The summed E-state index contributed by atoms with van der Waals surface area (Å²) in [6.07, 6.45) is 8.88. The Balaban J connectivity index is 1.96. The number of hydrogen-bond acceptors (Lipinski definition) is 2. The summed E-state index contributed by atoms with van der Waals surface area (Å²) in [4.78, 5) is 0. The zero-order chi connectivity index (χ0) is 21.0. The van der Waals surface area contributed by atoms with E-state index in [9.17, 15) is 13.9 Å². The Bertz CT molecular complexity index is 813. The highest BCUT2D eigenvalue weighted by atomic mass is 32.2. The second-order valence-corrected chi connectivity index (χ2v) is 10.4. The third kappa shape index (κ3) is 5.53. The average molecular weight is 419 g/mol. The molecule has 0 spiro atoms. The lowest BCUT2D eigenvalue weighted by Crippen LogP contribution is -2.12. The Morgan fingerprint density at radius 2 is 1.55 bits per heavy atom. The van der Waals surface area contributed by atoms with Crippen molar-refractivity contribution in [3.8, 4) is 16.9 Å². The maximum Gasteiger partial charge on any atom is 0.134 e. The van der Waals surface area contributed by atoms with Crippen molar-refractivity contribution in [2.75, 3.05) is 0 Å². The van der Waals surface area contributed by atoms with Crippen LogP contribution in [0.4, 0.5) is 8.78 Å². The van der Waals surface area contributed by atoms with Gasteiger partial charge in [-0.1, -0.05) is 65.0 Å². The molecule has 0 saturated heterocycles. The Morgan fingerprint density at radius 3 is 2.14 bits per heavy atom. The summed E-state index contributed by atoms with van der Waals surface area (Å²) in [5, 5.41) is 11.5. The van der Waals surface area contributed by atoms with Crippen molar-refractivity contribution in [3.63, 3.8) is 0 Å². The maximum absolute atomic E-state index is 14.5. The predicted octanol–water partition coefficient (Wildman–Crippen LogP) is 7.98. The van der Waals surface area contributed by atoms with Gasteiger partial charge in [0.1, 0.15) is 17.4 Å². The minimum Gasteiger partial charge on any atom is -0.507 e. The normalized spacial score (nSPS) is 16.4. The van der Waals surface area contributed by atoms with Gasteiger partial charge in [0.05, 0.1) is 5.56 Å². The molecule has 1 saturated carbocycles. The van der Waals surface area contributed by atoms with Gasteiger partial charge in [-0.25, -0.2) is 8.78 Å². The van der Waals surface area contributed by atoms with Crippen molar-refractivity contribution in [3.05, 3.63) is 53.1 Å². The van der Waals surface area contributed by atoms with Crippen LogP contribution in [0.25, 0.3) is 11.1 Å². The van der Waals surface area contributed by atoms with Gasteiger partial charge >= 0.3 is 0 Å². The summed E-state index contributed by atoms with van der Waals surface area (Å²) in [6.45, 7) is 6.23. The van der Waals surface area contributed by atoms with Crippen LogP contribution < -0.4 is 0 Å². The second kappa shape index (κ2) is 9.51. The first-order valence-electron chi connectivity index (χ1n) is 10.7.